The van der Waals surface area contributed by atoms with Crippen LogP contribution in [0.25, 0.3) is 0 Å². The predicted molar refractivity (Wildman–Crippen MR) is 83.1 cm³/mol. The van der Waals surface area contributed by atoms with E-state index in [1.165, 1.54) is 4.90 Å². The molecule has 0 N–H and O–H groups in total. The molecule has 1 saturated carbocycles. The van der Waals surface area contributed by atoms with Gasteiger partial charge in [0.2, 0.25) is 0 Å². The van der Waals surface area contributed by atoms with Crippen molar-refractivity contribution in [1.82, 2.24) is 10.0 Å². The third-order valence-corrected chi connectivity index (χ3v) is 4.72. The van der Waals surface area contributed by atoms with Gasteiger partial charge in [0.05, 0.1) is 6.04 Å². The van der Waals surface area contributed by atoms with Gasteiger partial charge in [-0.15, -0.1) is 0 Å². The number of fused-ring (bicyclic) bond motifs is 1. The summed E-state index contributed by atoms with van der Waals surface area (Å²) in [6.07, 6.45) is 7.01. The molecule has 2 aliphatic carbocycles. The molecule has 0 aromatic heterocycles. The van der Waals surface area contributed by atoms with Crippen molar-refractivity contribution in [3.05, 3.63) is 12.2 Å². The number of carbonyl (C=O) groups excluding carboxylic acids is 2. The number of hydrogen-bond donors (Lipinski definition) is 0. The monoisotopic (exact) mass is 324 g/mol. The van der Waals surface area contributed by atoms with Gasteiger partial charge in [0.25, 0.3) is 5.91 Å². The number of amides is 2. The highest BCUT2D eigenvalue weighted by molar-refractivity contribution is 5.87. The summed E-state index contributed by atoms with van der Waals surface area (Å²) in [4.78, 5) is 26.4. The van der Waals surface area contributed by atoms with Gasteiger partial charge in [0.1, 0.15) is 11.6 Å². The summed E-state index contributed by atoms with van der Waals surface area (Å²) in [5, 5.41) is 0.322. The lowest BCUT2D eigenvalue weighted by Crippen LogP contribution is -2.50. The van der Waals surface area contributed by atoms with Crippen LogP contribution in [0.2, 0.25) is 0 Å². The van der Waals surface area contributed by atoms with E-state index in [1.54, 1.807) is 26.8 Å². The van der Waals surface area contributed by atoms with E-state index in [0.29, 0.717) is 23.9 Å². The summed E-state index contributed by atoms with van der Waals surface area (Å²) in [5.74, 6) is -0.300. The molecular weight excluding hydrogens is 299 g/mol. The number of ether oxygens (including phenoxy) is 1. The largest absolute Gasteiger partial charge is 0.444 e. The van der Waals surface area contributed by atoms with Crippen LogP contribution in [-0.4, -0.2) is 45.7 Å². The van der Waals surface area contributed by atoms with Gasteiger partial charge in [-0.3, -0.25) is 9.69 Å². The second-order valence-electron chi connectivity index (χ2n) is 7.78. The lowest BCUT2D eigenvalue weighted by molar-refractivity contribution is -0.156. The molecule has 5 nitrogen and oxygen atoms in total. The molecule has 0 aromatic rings. The van der Waals surface area contributed by atoms with Gasteiger partial charge < -0.3 is 4.74 Å². The maximum absolute atomic E-state index is 14.5. The van der Waals surface area contributed by atoms with Crippen molar-refractivity contribution in [2.24, 2.45) is 5.92 Å². The third kappa shape index (κ3) is 3.35. The fourth-order valence-electron chi connectivity index (χ4n) is 3.54. The molecule has 1 unspecified atom stereocenters. The summed E-state index contributed by atoms with van der Waals surface area (Å²) in [6, 6.07) is -1.20. The summed E-state index contributed by atoms with van der Waals surface area (Å²) in [6.45, 7) is 5.36. The van der Waals surface area contributed by atoms with E-state index >= 15 is 0 Å². The van der Waals surface area contributed by atoms with Crippen molar-refractivity contribution in [2.75, 3.05) is 0 Å². The van der Waals surface area contributed by atoms with Gasteiger partial charge in [-0.2, -0.15) is 5.12 Å². The molecule has 128 valence electrons. The summed E-state index contributed by atoms with van der Waals surface area (Å²) in [5.41, 5.74) is -0.626. The molecule has 3 aliphatic rings. The Morgan fingerprint density at radius 1 is 1.30 bits per heavy atom. The Labute approximate surface area is 136 Å². The lowest BCUT2D eigenvalue weighted by Gasteiger charge is -2.32. The van der Waals surface area contributed by atoms with E-state index in [4.69, 9.17) is 4.74 Å². The number of halogens is 1. The van der Waals surface area contributed by atoms with E-state index in [2.05, 4.69) is 0 Å². The summed E-state index contributed by atoms with van der Waals surface area (Å²) >= 11 is 0. The van der Waals surface area contributed by atoms with Crippen molar-refractivity contribution in [1.29, 1.82) is 0 Å². The van der Waals surface area contributed by atoms with Crippen LogP contribution in [0.4, 0.5) is 9.28 Å². The highest BCUT2D eigenvalue weighted by Gasteiger charge is 2.58. The topological polar surface area (TPSA) is 49.9 Å². The number of rotatable bonds is 2. The zero-order valence-electron chi connectivity index (χ0n) is 14.0. The van der Waals surface area contributed by atoms with E-state index in [-0.39, 0.29) is 6.04 Å². The highest BCUT2D eigenvalue weighted by atomic mass is 19.2. The number of carbonyl (C=O) groups is 2. The van der Waals surface area contributed by atoms with Crippen molar-refractivity contribution in [3.8, 4) is 0 Å². The maximum Gasteiger partial charge on any atom is 0.411 e. The normalized spacial score (nSPS) is 32.4. The first-order valence-electron chi connectivity index (χ1n) is 8.45. The lowest BCUT2D eigenvalue weighted by atomic mass is 10.0. The number of likely N-dealkylation sites (tertiary alicyclic amines) is 1. The fraction of sp³-hybridized carbons (Fsp3) is 0.765. The van der Waals surface area contributed by atoms with Crippen LogP contribution in [0.5, 0.6) is 0 Å². The molecular formula is C17H25FN2O3. The van der Waals surface area contributed by atoms with E-state index in [0.717, 1.165) is 19.3 Å². The minimum Gasteiger partial charge on any atom is -0.444 e. The fourth-order valence-corrected chi connectivity index (χ4v) is 3.54. The standard InChI is InChI=1S/C17H25FN2O3/c1-17(2,3)23-16(22)19-13-9-11(13)10-14(19)15(21)20(18)12-7-5-4-6-8-12/h5,7,11-14H,4,6,8-10H2,1-3H3/t11-,12?,13-,14+/m1/s1. The predicted octanol–water partition coefficient (Wildman–Crippen LogP) is 3.21. The minimum atomic E-state index is -0.728. The molecule has 4 atom stereocenters. The molecule has 0 spiro atoms. The summed E-state index contributed by atoms with van der Waals surface area (Å²) in [7, 11) is 0. The second-order valence-corrected chi connectivity index (χ2v) is 7.78. The number of hydrogen-bond acceptors (Lipinski definition) is 3. The van der Waals surface area contributed by atoms with Crippen LogP contribution in [0.1, 0.15) is 52.9 Å². The van der Waals surface area contributed by atoms with Crippen molar-refractivity contribution < 1.29 is 18.8 Å². The quantitative estimate of drug-likeness (QED) is 0.579. The Balaban J connectivity index is 1.70. The van der Waals surface area contributed by atoms with Crippen LogP contribution in [-0.2, 0) is 9.53 Å². The van der Waals surface area contributed by atoms with Crippen LogP contribution in [0, 0.1) is 5.92 Å². The van der Waals surface area contributed by atoms with Crippen LogP contribution < -0.4 is 0 Å². The Bertz CT molecular complexity index is 528. The van der Waals surface area contributed by atoms with Gasteiger partial charge in [0, 0.05) is 6.04 Å². The molecule has 1 aliphatic heterocycles. The van der Waals surface area contributed by atoms with Crippen molar-refractivity contribution >= 4 is 12.0 Å². The van der Waals surface area contributed by atoms with Gasteiger partial charge in [-0.1, -0.05) is 16.6 Å². The van der Waals surface area contributed by atoms with Gasteiger partial charge >= 0.3 is 6.09 Å². The average molecular weight is 324 g/mol. The molecule has 2 fully saturated rings. The Morgan fingerprint density at radius 2 is 2.04 bits per heavy atom. The van der Waals surface area contributed by atoms with Gasteiger partial charge in [-0.25, -0.2) is 4.79 Å². The smallest absolute Gasteiger partial charge is 0.411 e. The third-order valence-electron chi connectivity index (χ3n) is 4.72. The molecule has 0 aromatic carbocycles. The second kappa shape index (κ2) is 5.80. The molecule has 2 amide bonds. The van der Waals surface area contributed by atoms with E-state index in [9.17, 15) is 14.1 Å². The van der Waals surface area contributed by atoms with E-state index < -0.39 is 29.7 Å². The number of allylic oxidation sites excluding steroid dienone is 1. The average Bonchev–Trinajstić information content (AvgIpc) is 3.14. The molecule has 23 heavy (non-hydrogen) atoms. The Morgan fingerprint density at radius 3 is 2.65 bits per heavy atom. The maximum atomic E-state index is 14.5. The minimum absolute atomic E-state index is 0.0362. The molecule has 0 bridgehead atoms. The number of piperidine rings is 1. The first-order valence-corrected chi connectivity index (χ1v) is 8.45. The SMILES string of the molecule is CC(C)(C)OC(=O)N1[C@@H]2C[C@@H]2C[C@H]1C(=O)N(F)C1C=CCCC1. The van der Waals surface area contributed by atoms with Gasteiger partial charge in [-0.05, 0) is 58.8 Å². The number of nitrogens with zero attached hydrogens (tertiary/aromatic N) is 2. The highest BCUT2D eigenvalue weighted by Crippen LogP contribution is 2.48. The van der Waals surface area contributed by atoms with E-state index in [1.807, 2.05) is 6.08 Å². The first-order chi connectivity index (χ1) is 10.8. The first kappa shape index (κ1) is 16.3. The molecule has 3 rings (SSSR count). The molecule has 0 radical (unpaired) electrons. The van der Waals surface area contributed by atoms with Gasteiger partial charge in [0.15, 0.2) is 0 Å². The van der Waals surface area contributed by atoms with Crippen LogP contribution >= 0.6 is 0 Å². The van der Waals surface area contributed by atoms with Crippen LogP contribution in [0.15, 0.2) is 12.2 Å². The van der Waals surface area contributed by atoms with Crippen LogP contribution in [0.3, 0.4) is 0 Å². The van der Waals surface area contributed by atoms with Crippen molar-refractivity contribution in [3.63, 3.8) is 0 Å². The Hall–Kier alpha value is -1.59. The summed E-state index contributed by atoms with van der Waals surface area (Å²) < 4.78 is 19.9. The molecule has 1 saturated heterocycles. The molecule has 1 heterocycles. The Kier molecular flexibility index (Phi) is 4.10. The zero-order valence-corrected chi connectivity index (χ0v) is 14.0. The van der Waals surface area contributed by atoms with Crippen molar-refractivity contribution in [2.45, 2.75) is 76.6 Å². The molecule has 6 heteroatoms. The zero-order chi connectivity index (χ0) is 16.8.